The van der Waals surface area contributed by atoms with Crippen molar-refractivity contribution in [3.05, 3.63) is 11.3 Å². The molecule has 1 nitrogen and oxygen atoms in total. The van der Waals surface area contributed by atoms with Gasteiger partial charge in [0.15, 0.2) is 0 Å². The second-order valence-corrected chi connectivity index (χ2v) is 6.26. The molecule has 0 N–H and O–H groups in total. The van der Waals surface area contributed by atoms with Crippen LogP contribution in [0.5, 0.6) is 0 Å². The Hall–Kier alpha value is -0.0831. The fourth-order valence-corrected chi connectivity index (χ4v) is 3.73. The van der Waals surface area contributed by atoms with E-state index in [0.717, 1.165) is 12.1 Å². The molecule has 0 aliphatic heterocycles. The van der Waals surface area contributed by atoms with Crippen LogP contribution in [-0.4, -0.2) is 32.7 Å². The number of hydrogen-bond donors (Lipinski definition) is 0. The Morgan fingerprint density at radius 1 is 1.13 bits per heavy atom. The van der Waals surface area contributed by atoms with Crippen LogP contribution >= 0.6 is 0 Å². The molecule has 2 atom stereocenters. The predicted octanol–water partition coefficient (Wildman–Crippen LogP) is 2.94. The molecule has 0 radical (unpaired) electrons. The van der Waals surface area contributed by atoms with Crippen molar-refractivity contribution >= 4 is 9.52 Å². The maximum Gasteiger partial charge on any atom is 0.0612 e. The van der Waals surface area contributed by atoms with Crippen LogP contribution in [0.4, 0.5) is 0 Å². The van der Waals surface area contributed by atoms with Crippen molar-refractivity contribution in [3.8, 4) is 0 Å². The third-order valence-corrected chi connectivity index (χ3v) is 5.13. The maximum atomic E-state index is 2.70. The highest BCUT2D eigenvalue weighted by Gasteiger charge is 2.16. The van der Waals surface area contributed by atoms with E-state index in [1.54, 1.807) is 0 Å². The molecule has 90 valence electrons. The molecular weight excluding hydrogens is 198 g/mol. The van der Waals surface area contributed by atoms with Gasteiger partial charge in [0.2, 0.25) is 0 Å². The Bertz CT molecular complexity index is 175. The molecule has 0 fully saturated rings. The number of rotatable bonds is 7. The number of nitrogens with zero attached hydrogens (tertiary/aromatic N) is 1. The number of hydrogen-bond acceptors (Lipinski definition) is 1. The van der Waals surface area contributed by atoms with Gasteiger partial charge in [-0.05, 0) is 46.7 Å². The smallest absolute Gasteiger partial charge is 0.0612 e. The molecule has 15 heavy (non-hydrogen) atoms. The molecule has 0 aromatic carbocycles. The fourth-order valence-electron chi connectivity index (χ4n) is 1.85. The third kappa shape index (κ3) is 6.16. The van der Waals surface area contributed by atoms with Crippen LogP contribution in [0, 0.1) is 0 Å². The monoisotopic (exact) mass is 227 g/mol. The van der Waals surface area contributed by atoms with E-state index < -0.39 is 0 Å². The molecule has 0 bridgehead atoms. The van der Waals surface area contributed by atoms with Crippen molar-refractivity contribution in [2.24, 2.45) is 0 Å². The fraction of sp³-hybridized carbons (Fsp3) is 0.846. The highest BCUT2D eigenvalue weighted by atomic mass is 28.2. The highest BCUT2D eigenvalue weighted by molar-refractivity contribution is 6.42. The van der Waals surface area contributed by atoms with E-state index in [1.165, 1.54) is 24.6 Å². The Morgan fingerprint density at radius 2 is 1.60 bits per heavy atom. The molecule has 0 rings (SSSR count). The van der Waals surface area contributed by atoms with Crippen LogP contribution in [0.2, 0.25) is 0 Å². The standard InChI is InChI=1S/C13H29NSi/c1-7-12(5)14(13(6)8-2)10-15-9-11(3)4/h9,12-13H,7-8,10,15H2,1-6H3. The molecule has 2 unspecified atom stereocenters. The molecule has 0 saturated carbocycles. The summed E-state index contributed by atoms with van der Waals surface area (Å²) in [5, 5.41) is 0. The van der Waals surface area contributed by atoms with Crippen LogP contribution in [0.3, 0.4) is 0 Å². The zero-order chi connectivity index (χ0) is 11.8. The van der Waals surface area contributed by atoms with E-state index in [4.69, 9.17) is 0 Å². The van der Waals surface area contributed by atoms with E-state index in [1.807, 2.05) is 0 Å². The SMILES string of the molecule is CCC(C)N(C[SiH2]C=C(C)C)C(C)CC. The predicted molar refractivity (Wildman–Crippen MR) is 74.2 cm³/mol. The zero-order valence-corrected chi connectivity index (χ0v) is 12.9. The van der Waals surface area contributed by atoms with E-state index in [2.05, 4.69) is 52.1 Å². The lowest BCUT2D eigenvalue weighted by Crippen LogP contribution is -2.42. The van der Waals surface area contributed by atoms with Gasteiger partial charge < -0.3 is 4.90 Å². The van der Waals surface area contributed by atoms with Gasteiger partial charge in [-0.25, -0.2) is 0 Å². The molecular formula is C13H29NSi. The summed E-state index contributed by atoms with van der Waals surface area (Å²) in [5.41, 5.74) is 3.98. The van der Waals surface area contributed by atoms with Gasteiger partial charge in [-0.3, -0.25) is 0 Å². The molecule has 0 saturated heterocycles. The molecule has 0 heterocycles. The number of allylic oxidation sites excluding steroid dienone is 1. The quantitative estimate of drug-likeness (QED) is 0.605. The molecule has 0 spiro atoms. The first kappa shape index (κ1) is 14.9. The summed E-state index contributed by atoms with van der Waals surface area (Å²) < 4.78 is 0. The van der Waals surface area contributed by atoms with Crippen molar-refractivity contribution in [2.45, 2.75) is 66.5 Å². The molecule has 2 heteroatoms. The highest BCUT2D eigenvalue weighted by Crippen LogP contribution is 2.10. The Morgan fingerprint density at radius 3 is 1.93 bits per heavy atom. The van der Waals surface area contributed by atoms with Crippen molar-refractivity contribution < 1.29 is 0 Å². The summed E-state index contributed by atoms with van der Waals surface area (Å²) in [4.78, 5) is 2.70. The second kappa shape index (κ2) is 8.11. The van der Waals surface area contributed by atoms with Gasteiger partial charge >= 0.3 is 0 Å². The Labute approximate surface area is 98.8 Å². The Kier molecular flexibility index (Phi) is 8.07. The van der Waals surface area contributed by atoms with E-state index in [0.29, 0.717) is 0 Å². The van der Waals surface area contributed by atoms with E-state index in [-0.39, 0.29) is 9.52 Å². The molecule has 0 aromatic heterocycles. The first-order chi connectivity index (χ1) is 7.02. The van der Waals surface area contributed by atoms with Gasteiger partial charge in [0.25, 0.3) is 0 Å². The van der Waals surface area contributed by atoms with Gasteiger partial charge in [-0.15, -0.1) is 5.70 Å². The van der Waals surface area contributed by atoms with Crippen LogP contribution in [0.15, 0.2) is 11.3 Å². The largest absolute Gasteiger partial charge is 0.301 e. The average Bonchev–Trinajstić information content (AvgIpc) is 2.22. The molecule has 0 aliphatic rings. The van der Waals surface area contributed by atoms with Gasteiger partial charge in [0, 0.05) is 12.1 Å². The summed E-state index contributed by atoms with van der Waals surface area (Å²) >= 11 is 0. The maximum absolute atomic E-state index is 2.70. The second-order valence-electron chi connectivity index (χ2n) is 4.82. The first-order valence-corrected chi connectivity index (χ1v) is 8.23. The van der Waals surface area contributed by atoms with Crippen LogP contribution in [0.1, 0.15) is 54.4 Å². The minimum Gasteiger partial charge on any atom is -0.301 e. The van der Waals surface area contributed by atoms with Gasteiger partial charge in [0.1, 0.15) is 0 Å². The lowest BCUT2D eigenvalue weighted by atomic mass is 10.1. The van der Waals surface area contributed by atoms with Gasteiger partial charge in [-0.1, -0.05) is 19.4 Å². The van der Waals surface area contributed by atoms with Crippen molar-refractivity contribution in [1.29, 1.82) is 0 Å². The van der Waals surface area contributed by atoms with Crippen molar-refractivity contribution in [2.75, 3.05) is 6.17 Å². The average molecular weight is 227 g/mol. The van der Waals surface area contributed by atoms with Crippen molar-refractivity contribution in [1.82, 2.24) is 4.90 Å². The van der Waals surface area contributed by atoms with E-state index in [9.17, 15) is 0 Å². The first-order valence-electron chi connectivity index (χ1n) is 6.41. The minimum absolute atomic E-state index is 0.0240. The summed E-state index contributed by atoms with van der Waals surface area (Å²) in [6.45, 7) is 13.7. The van der Waals surface area contributed by atoms with Crippen LogP contribution < -0.4 is 0 Å². The van der Waals surface area contributed by atoms with Gasteiger partial charge in [0.05, 0.1) is 9.52 Å². The van der Waals surface area contributed by atoms with Gasteiger partial charge in [-0.2, -0.15) is 0 Å². The molecule has 0 aromatic rings. The van der Waals surface area contributed by atoms with Crippen LogP contribution in [-0.2, 0) is 0 Å². The third-order valence-electron chi connectivity index (χ3n) is 3.25. The topological polar surface area (TPSA) is 3.24 Å². The summed E-state index contributed by atoms with van der Waals surface area (Å²) in [5.74, 6) is 0. The summed E-state index contributed by atoms with van der Waals surface area (Å²) in [6, 6.07) is 1.50. The van der Waals surface area contributed by atoms with E-state index >= 15 is 0 Å². The lowest BCUT2D eigenvalue weighted by Gasteiger charge is -2.33. The Balaban J connectivity index is 4.19. The summed E-state index contributed by atoms with van der Waals surface area (Å²) in [7, 11) is -0.0240. The molecule has 0 amide bonds. The molecule has 0 aliphatic carbocycles. The normalized spacial score (nSPS) is 15.9. The van der Waals surface area contributed by atoms with Crippen LogP contribution in [0.25, 0.3) is 0 Å². The lowest BCUT2D eigenvalue weighted by molar-refractivity contribution is 0.174. The zero-order valence-electron chi connectivity index (χ0n) is 11.5. The van der Waals surface area contributed by atoms with Crippen molar-refractivity contribution in [3.63, 3.8) is 0 Å². The minimum atomic E-state index is -0.0240. The summed E-state index contributed by atoms with van der Waals surface area (Å²) in [6.07, 6.45) is 3.89.